The number of thioether (sulfide) groups is 1. The molecule has 1 saturated heterocycles. The van der Waals surface area contributed by atoms with Gasteiger partial charge >= 0.3 is 6.01 Å². The Bertz CT molecular complexity index is 845. The molecule has 2 aromatic rings. The van der Waals surface area contributed by atoms with Gasteiger partial charge < -0.3 is 9.32 Å². The quantitative estimate of drug-likeness (QED) is 0.768. The molecule has 1 aliphatic heterocycles. The number of nitrogens with zero attached hydrogens (tertiary/aromatic N) is 3. The Hall–Kier alpha value is -2.35. The predicted octanol–water partition coefficient (Wildman–Crippen LogP) is 3.83. The molecule has 148 valence electrons. The third kappa shape index (κ3) is 4.06. The summed E-state index contributed by atoms with van der Waals surface area (Å²) >= 11 is 1.66. The highest BCUT2D eigenvalue weighted by Gasteiger charge is 2.35. The number of hydrogen-bond acceptors (Lipinski definition) is 6. The van der Waals surface area contributed by atoms with Crippen LogP contribution in [0.2, 0.25) is 0 Å². The molecule has 7 nitrogen and oxygen atoms in total. The number of nitrogens with one attached hydrogen (secondary N) is 1. The lowest BCUT2D eigenvalue weighted by Gasteiger charge is -2.19. The van der Waals surface area contributed by atoms with Crippen LogP contribution in [0, 0.1) is 5.92 Å². The lowest BCUT2D eigenvalue weighted by atomic mass is 9.89. The molecule has 1 N–H and O–H groups in total. The van der Waals surface area contributed by atoms with Crippen molar-refractivity contribution in [2.75, 3.05) is 23.0 Å². The molecule has 1 aliphatic carbocycles. The van der Waals surface area contributed by atoms with E-state index in [4.69, 9.17) is 4.42 Å². The maximum atomic E-state index is 12.5. The first kappa shape index (κ1) is 19.0. The number of amides is 2. The summed E-state index contributed by atoms with van der Waals surface area (Å²) in [6.07, 6.45) is 7.54. The van der Waals surface area contributed by atoms with Crippen molar-refractivity contribution in [2.24, 2.45) is 5.92 Å². The van der Waals surface area contributed by atoms with Crippen LogP contribution in [0.25, 0.3) is 0 Å². The van der Waals surface area contributed by atoms with Crippen LogP contribution in [0.3, 0.4) is 0 Å². The fourth-order valence-corrected chi connectivity index (χ4v) is 4.32. The highest BCUT2D eigenvalue weighted by atomic mass is 32.2. The Balaban J connectivity index is 1.39. The van der Waals surface area contributed by atoms with Crippen LogP contribution in [-0.2, 0) is 9.59 Å². The Morgan fingerprint density at radius 3 is 2.64 bits per heavy atom. The standard InChI is InChI=1S/C20H24N4O3S/c1-28-16-9-7-15(8-10-16)24-12-14(11-17(24)25)19-22-23-20(27-19)21-18(26)13-5-3-2-4-6-13/h7-10,13-14H,2-6,11-12H2,1H3,(H,21,23,26)/t14-/m0/s1. The number of rotatable bonds is 5. The van der Waals surface area contributed by atoms with Crippen molar-refractivity contribution >= 4 is 35.3 Å². The smallest absolute Gasteiger partial charge is 0.322 e. The van der Waals surface area contributed by atoms with Crippen molar-refractivity contribution in [1.29, 1.82) is 0 Å². The third-order valence-corrected chi connectivity index (χ3v) is 6.25. The van der Waals surface area contributed by atoms with Gasteiger partial charge in [0.2, 0.25) is 17.7 Å². The lowest BCUT2D eigenvalue weighted by Crippen LogP contribution is -2.24. The van der Waals surface area contributed by atoms with Crippen LogP contribution in [0.15, 0.2) is 33.6 Å². The van der Waals surface area contributed by atoms with E-state index in [0.29, 0.717) is 18.9 Å². The summed E-state index contributed by atoms with van der Waals surface area (Å²) in [5.41, 5.74) is 0.871. The first-order valence-electron chi connectivity index (χ1n) is 9.72. The summed E-state index contributed by atoms with van der Waals surface area (Å²) in [5.74, 6) is 0.244. The van der Waals surface area contributed by atoms with Crippen molar-refractivity contribution in [1.82, 2.24) is 10.2 Å². The maximum absolute atomic E-state index is 12.5. The molecule has 8 heteroatoms. The van der Waals surface area contributed by atoms with Crippen molar-refractivity contribution in [3.8, 4) is 0 Å². The average molecular weight is 401 g/mol. The van der Waals surface area contributed by atoms with E-state index in [9.17, 15) is 9.59 Å². The number of anilines is 2. The van der Waals surface area contributed by atoms with E-state index in [1.165, 1.54) is 6.42 Å². The number of aromatic nitrogens is 2. The molecule has 0 spiro atoms. The van der Waals surface area contributed by atoms with Crippen molar-refractivity contribution in [3.05, 3.63) is 30.2 Å². The van der Waals surface area contributed by atoms with E-state index in [-0.39, 0.29) is 29.7 Å². The molecule has 1 atom stereocenters. The Morgan fingerprint density at radius 2 is 1.93 bits per heavy atom. The van der Waals surface area contributed by atoms with Gasteiger partial charge in [-0.25, -0.2) is 0 Å². The fraction of sp³-hybridized carbons (Fsp3) is 0.500. The summed E-state index contributed by atoms with van der Waals surface area (Å²) in [4.78, 5) is 27.7. The molecule has 1 aromatic heterocycles. The zero-order chi connectivity index (χ0) is 19.5. The Morgan fingerprint density at radius 1 is 1.18 bits per heavy atom. The van der Waals surface area contributed by atoms with Gasteiger partial charge in [-0.15, -0.1) is 16.9 Å². The normalized spacial score (nSPS) is 20.5. The van der Waals surface area contributed by atoms with Gasteiger partial charge in [-0.05, 0) is 43.4 Å². The minimum atomic E-state index is -0.166. The highest BCUT2D eigenvalue weighted by Crippen LogP contribution is 2.32. The van der Waals surface area contributed by atoms with Crippen LogP contribution in [0.1, 0.15) is 50.3 Å². The molecule has 0 radical (unpaired) electrons. The molecular formula is C20H24N4O3S. The van der Waals surface area contributed by atoms with Gasteiger partial charge in [-0.2, -0.15) is 0 Å². The molecule has 2 heterocycles. The monoisotopic (exact) mass is 400 g/mol. The highest BCUT2D eigenvalue weighted by molar-refractivity contribution is 7.98. The topological polar surface area (TPSA) is 88.3 Å². The van der Waals surface area contributed by atoms with E-state index in [0.717, 1.165) is 36.3 Å². The predicted molar refractivity (Wildman–Crippen MR) is 107 cm³/mol. The van der Waals surface area contributed by atoms with Crippen LogP contribution in [-0.4, -0.2) is 34.8 Å². The Kier molecular flexibility index (Phi) is 5.66. The number of benzene rings is 1. The second-order valence-corrected chi connectivity index (χ2v) is 8.25. The van der Waals surface area contributed by atoms with E-state index < -0.39 is 0 Å². The second-order valence-electron chi connectivity index (χ2n) is 7.37. The number of hydrogen-bond donors (Lipinski definition) is 1. The average Bonchev–Trinajstić information content (AvgIpc) is 3.35. The van der Waals surface area contributed by atoms with Crippen LogP contribution in [0.4, 0.5) is 11.7 Å². The molecule has 4 rings (SSSR count). The van der Waals surface area contributed by atoms with E-state index in [1.54, 1.807) is 16.7 Å². The summed E-state index contributed by atoms with van der Waals surface area (Å²) in [6.45, 7) is 0.496. The molecule has 1 saturated carbocycles. The lowest BCUT2D eigenvalue weighted by molar-refractivity contribution is -0.121. The molecule has 2 amide bonds. The molecule has 2 aliphatic rings. The molecule has 1 aromatic carbocycles. The van der Waals surface area contributed by atoms with Gasteiger partial charge in [-0.3, -0.25) is 14.9 Å². The fourth-order valence-electron chi connectivity index (χ4n) is 3.91. The molecular weight excluding hydrogens is 376 g/mol. The van der Waals surface area contributed by atoms with Crippen LogP contribution in [0.5, 0.6) is 0 Å². The maximum Gasteiger partial charge on any atom is 0.322 e. The van der Waals surface area contributed by atoms with E-state index in [1.807, 2.05) is 30.5 Å². The number of carbonyl (C=O) groups excluding carboxylic acids is 2. The van der Waals surface area contributed by atoms with Gasteiger partial charge in [0.05, 0.1) is 5.92 Å². The van der Waals surface area contributed by atoms with Gasteiger partial charge in [0, 0.05) is 29.5 Å². The Labute approximate surface area is 168 Å². The summed E-state index contributed by atoms with van der Waals surface area (Å²) in [6, 6.07) is 8.05. The van der Waals surface area contributed by atoms with Crippen molar-refractivity contribution in [2.45, 2.75) is 49.3 Å². The first-order valence-corrected chi connectivity index (χ1v) is 10.9. The van der Waals surface area contributed by atoms with Gasteiger partial charge in [0.15, 0.2) is 0 Å². The SMILES string of the molecule is CSc1ccc(N2C[C@@H](c3nnc(NC(=O)C4CCCCC4)o3)CC2=O)cc1. The molecule has 0 unspecified atom stereocenters. The number of carbonyl (C=O) groups is 2. The first-order chi connectivity index (χ1) is 13.6. The summed E-state index contributed by atoms with van der Waals surface area (Å²) in [5, 5.41) is 10.8. The van der Waals surface area contributed by atoms with Crippen molar-refractivity contribution in [3.63, 3.8) is 0 Å². The van der Waals surface area contributed by atoms with Crippen LogP contribution < -0.4 is 10.2 Å². The van der Waals surface area contributed by atoms with Gasteiger partial charge in [0.25, 0.3) is 0 Å². The van der Waals surface area contributed by atoms with E-state index in [2.05, 4.69) is 15.5 Å². The third-order valence-electron chi connectivity index (χ3n) is 5.51. The van der Waals surface area contributed by atoms with Gasteiger partial charge in [0.1, 0.15) is 0 Å². The minimum absolute atomic E-state index is 0.0249. The zero-order valence-electron chi connectivity index (χ0n) is 15.9. The zero-order valence-corrected chi connectivity index (χ0v) is 16.7. The largest absolute Gasteiger partial charge is 0.407 e. The van der Waals surface area contributed by atoms with Gasteiger partial charge in [-0.1, -0.05) is 24.4 Å². The molecule has 2 fully saturated rings. The molecule has 0 bridgehead atoms. The summed E-state index contributed by atoms with van der Waals surface area (Å²) < 4.78 is 5.66. The van der Waals surface area contributed by atoms with Crippen molar-refractivity contribution < 1.29 is 14.0 Å². The minimum Gasteiger partial charge on any atom is -0.407 e. The van der Waals surface area contributed by atoms with Crippen LogP contribution >= 0.6 is 11.8 Å². The van der Waals surface area contributed by atoms with E-state index >= 15 is 0 Å². The summed E-state index contributed by atoms with van der Waals surface area (Å²) in [7, 11) is 0. The second kappa shape index (κ2) is 8.34. The molecule has 28 heavy (non-hydrogen) atoms.